The summed E-state index contributed by atoms with van der Waals surface area (Å²) >= 11 is 5.78. The Morgan fingerprint density at radius 2 is 2.00 bits per heavy atom. The molecule has 33 heavy (non-hydrogen) atoms. The number of hydrogen-bond donors (Lipinski definition) is 3. The summed E-state index contributed by atoms with van der Waals surface area (Å²) in [7, 11) is 1.88. The van der Waals surface area contributed by atoms with E-state index in [2.05, 4.69) is 20.4 Å². The van der Waals surface area contributed by atoms with Gasteiger partial charge < -0.3 is 11.1 Å². The van der Waals surface area contributed by atoms with Crippen molar-refractivity contribution in [2.45, 2.75) is 6.54 Å². The highest BCUT2D eigenvalue weighted by atomic mass is 35.5. The third kappa shape index (κ3) is 4.59. The normalized spacial score (nSPS) is 11.8. The van der Waals surface area contributed by atoms with Crippen LogP contribution in [0.4, 0.5) is 8.78 Å². The van der Waals surface area contributed by atoms with Crippen molar-refractivity contribution in [3.05, 3.63) is 82.9 Å². The van der Waals surface area contributed by atoms with Crippen LogP contribution in [-0.2, 0) is 6.54 Å². The predicted molar refractivity (Wildman–Crippen MR) is 125 cm³/mol. The van der Waals surface area contributed by atoms with Crippen molar-refractivity contribution in [1.82, 2.24) is 25.1 Å². The van der Waals surface area contributed by atoms with Gasteiger partial charge in [-0.2, -0.15) is 5.10 Å². The number of nitrogens with zero attached hydrogens (tertiary/aromatic N) is 4. The number of fused-ring (bicyclic) bond motifs is 1. The van der Waals surface area contributed by atoms with E-state index in [1.165, 1.54) is 0 Å². The zero-order valence-corrected chi connectivity index (χ0v) is 18.4. The van der Waals surface area contributed by atoms with Crippen molar-refractivity contribution >= 4 is 33.9 Å². The van der Waals surface area contributed by atoms with Crippen LogP contribution < -0.4 is 11.1 Å². The molecule has 0 fully saturated rings. The lowest BCUT2D eigenvalue weighted by atomic mass is 9.99. The summed E-state index contributed by atoms with van der Waals surface area (Å²) in [5, 5.41) is 15.8. The summed E-state index contributed by atoms with van der Waals surface area (Å²) in [6.45, 7) is 1.53. The summed E-state index contributed by atoms with van der Waals surface area (Å²) in [4.78, 5) is 9.03. The number of benzene rings is 1. The predicted octanol–water partition coefficient (Wildman–Crippen LogP) is 4.01. The first-order chi connectivity index (χ1) is 15.9. The van der Waals surface area contributed by atoms with Crippen LogP contribution in [0.1, 0.15) is 11.3 Å². The zero-order valence-electron chi connectivity index (χ0n) is 17.6. The van der Waals surface area contributed by atoms with Gasteiger partial charge in [0.25, 0.3) is 0 Å². The molecule has 0 radical (unpaired) electrons. The number of aromatic nitrogens is 4. The number of nitrogens with two attached hydrogens (primary N) is 1. The van der Waals surface area contributed by atoms with E-state index in [9.17, 15) is 8.78 Å². The van der Waals surface area contributed by atoms with Gasteiger partial charge in [0.2, 0.25) is 0 Å². The molecule has 0 saturated carbocycles. The number of rotatable bonds is 7. The topological polar surface area (TPSA) is 106 Å². The molecule has 0 aliphatic carbocycles. The zero-order chi connectivity index (χ0) is 23.5. The summed E-state index contributed by atoms with van der Waals surface area (Å²) < 4.78 is 29.7. The maximum atomic E-state index is 14.3. The van der Waals surface area contributed by atoms with Gasteiger partial charge in [0.15, 0.2) is 0 Å². The number of pyridine rings is 2. The fourth-order valence-corrected chi connectivity index (χ4v) is 3.48. The van der Waals surface area contributed by atoms with E-state index in [0.29, 0.717) is 22.8 Å². The molecule has 0 bridgehead atoms. The summed E-state index contributed by atoms with van der Waals surface area (Å²) in [5.74, 6) is -1.82. The van der Waals surface area contributed by atoms with Crippen LogP contribution in [0.3, 0.4) is 0 Å². The number of halogens is 3. The second kappa shape index (κ2) is 9.43. The average Bonchev–Trinajstić information content (AvgIpc) is 3.29. The van der Waals surface area contributed by atoms with Crippen molar-refractivity contribution < 1.29 is 8.78 Å². The molecule has 0 unspecified atom stereocenters. The van der Waals surface area contributed by atoms with Crippen LogP contribution in [0.2, 0.25) is 5.02 Å². The lowest BCUT2D eigenvalue weighted by Crippen LogP contribution is -2.15. The highest BCUT2D eigenvalue weighted by Gasteiger charge is 2.18. The lowest BCUT2D eigenvalue weighted by molar-refractivity contribution is 0.582. The monoisotopic (exact) mass is 467 g/mol. The van der Waals surface area contributed by atoms with Crippen molar-refractivity contribution in [2.75, 3.05) is 13.6 Å². The van der Waals surface area contributed by atoms with Crippen LogP contribution >= 0.6 is 11.6 Å². The van der Waals surface area contributed by atoms with Gasteiger partial charge in [-0.3, -0.25) is 15.1 Å². The SMILES string of the molecule is CNCCn1ccc(-c2cnc3ccc(/C(=C/N)C(=N)c4cc(Cl)c(F)cc4F)nc3c2)n1. The third-order valence-corrected chi connectivity index (χ3v) is 5.35. The molecule has 0 aliphatic heterocycles. The fourth-order valence-electron chi connectivity index (χ4n) is 3.32. The van der Waals surface area contributed by atoms with Crippen molar-refractivity contribution in [3.63, 3.8) is 0 Å². The summed E-state index contributed by atoms with van der Waals surface area (Å²) in [5.41, 5.74) is 8.54. The second-order valence-corrected chi connectivity index (χ2v) is 7.64. The molecule has 0 atom stereocenters. The van der Waals surface area contributed by atoms with E-state index >= 15 is 0 Å². The fraction of sp³-hybridized carbons (Fsp3) is 0.130. The van der Waals surface area contributed by atoms with E-state index in [1.54, 1.807) is 18.3 Å². The Morgan fingerprint density at radius 3 is 2.76 bits per heavy atom. The molecule has 4 N–H and O–H groups in total. The average molecular weight is 468 g/mol. The minimum atomic E-state index is -0.917. The molecule has 4 rings (SSSR count). The van der Waals surface area contributed by atoms with Gasteiger partial charge in [-0.05, 0) is 37.4 Å². The molecule has 3 aromatic heterocycles. The van der Waals surface area contributed by atoms with Crippen molar-refractivity contribution in [1.29, 1.82) is 5.41 Å². The summed E-state index contributed by atoms with van der Waals surface area (Å²) in [6, 6.07) is 8.80. The summed E-state index contributed by atoms with van der Waals surface area (Å²) in [6.07, 6.45) is 4.76. The van der Waals surface area contributed by atoms with Gasteiger partial charge in [0.05, 0.1) is 39.7 Å². The van der Waals surface area contributed by atoms with Gasteiger partial charge in [0.1, 0.15) is 11.6 Å². The first-order valence-corrected chi connectivity index (χ1v) is 10.4. The van der Waals surface area contributed by atoms with Crippen LogP contribution in [0.25, 0.3) is 27.9 Å². The molecule has 1 aromatic carbocycles. The van der Waals surface area contributed by atoms with Crippen LogP contribution in [0.15, 0.2) is 55.0 Å². The van der Waals surface area contributed by atoms with Crippen LogP contribution in [-0.4, -0.2) is 39.1 Å². The largest absolute Gasteiger partial charge is 0.404 e. The standard InChI is InChI=1S/C23H20ClF2N7/c1-29-5-7-33-6-4-19(32-33)13-8-22-21(30-12-13)3-2-20(31-22)15(11-27)23(28)14-9-16(24)18(26)10-17(14)25/h2-4,6,8-12,28-29H,5,7,27H2,1H3/b15-11-,28-23?. The minimum absolute atomic E-state index is 0.167. The van der Waals surface area contributed by atoms with Crippen LogP contribution in [0, 0.1) is 17.0 Å². The maximum Gasteiger partial charge on any atom is 0.144 e. The van der Waals surface area contributed by atoms with Gasteiger partial charge >= 0.3 is 0 Å². The molecular formula is C23H20ClF2N7. The Labute approximate surface area is 193 Å². The van der Waals surface area contributed by atoms with E-state index in [0.717, 1.165) is 36.6 Å². The number of nitrogens with one attached hydrogen (secondary N) is 2. The Morgan fingerprint density at radius 1 is 1.18 bits per heavy atom. The highest BCUT2D eigenvalue weighted by Crippen LogP contribution is 2.26. The lowest BCUT2D eigenvalue weighted by Gasteiger charge is -2.11. The first kappa shape index (κ1) is 22.5. The smallest absolute Gasteiger partial charge is 0.144 e. The van der Waals surface area contributed by atoms with E-state index in [1.807, 2.05) is 30.1 Å². The quantitative estimate of drug-likeness (QED) is 0.281. The Kier molecular flexibility index (Phi) is 6.43. The molecule has 0 spiro atoms. The minimum Gasteiger partial charge on any atom is -0.404 e. The number of likely N-dealkylation sites (N-methyl/N-ethyl adjacent to an activating group) is 1. The molecule has 4 aromatic rings. The molecule has 0 amide bonds. The molecule has 7 nitrogen and oxygen atoms in total. The molecule has 168 valence electrons. The third-order valence-electron chi connectivity index (χ3n) is 5.06. The van der Waals surface area contributed by atoms with E-state index in [4.69, 9.17) is 22.7 Å². The molecule has 3 heterocycles. The van der Waals surface area contributed by atoms with Crippen LogP contribution in [0.5, 0.6) is 0 Å². The van der Waals surface area contributed by atoms with Gasteiger partial charge in [-0.25, -0.2) is 13.8 Å². The van der Waals surface area contributed by atoms with E-state index < -0.39 is 11.6 Å². The Hall–Kier alpha value is -3.69. The highest BCUT2D eigenvalue weighted by molar-refractivity contribution is 6.33. The van der Waals surface area contributed by atoms with E-state index in [-0.39, 0.29) is 21.9 Å². The molecule has 0 saturated heterocycles. The van der Waals surface area contributed by atoms with Crippen molar-refractivity contribution in [3.8, 4) is 11.3 Å². The molecule has 0 aliphatic rings. The Bertz CT molecular complexity index is 1380. The van der Waals surface area contributed by atoms with Gasteiger partial charge in [-0.15, -0.1) is 0 Å². The molecule has 10 heteroatoms. The first-order valence-electron chi connectivity index (χ1n) is 10.0. The second-order valence-electron chi connectivity index (χ2n) is 7.23. The molecular weight excluding hydrogens is 448 g/mol. The van der Waals surface area contributed by atoms with Gasteiger partial charge in [-0.1, -0.05) is 11.6 Å². The number of allylic oxidation sites excluding steroid dienone is 1. The Balaban J connectivity index is 1.69. The maximum absolute atomic E-state index is 14.3. The number of hydrogen-bond acceptors (Lipinski definition) is 6. The van der Waals surface area contributed by atoms with Crippen molar-refractivity contribution in [2.24, 2.45) is 5.73 Å². The van der Waals surface area contributed by atoms with Gasteiger partial charge in [0, 0.05) is 47.9 Å².